The summed E-state index contributed by atoms with van der Waals surface area (Å²) in [4.78, 5) is 36.4. The molecular weight excluding hydrogens is 496 g/mol. The molecule has 0 saturated carbocycles. The first-order chi connectivity index (χ1) is 16.3. The Hall–Kier alpha value is -2.59. The molecular formula is C24H26BCl2NO7. The number of benzene rings is 2. The first-order valence-electron chi connectivity index (χ1n) is 10.8. The summed E-state index contributed by atoms with van der Waals surface area (Å²) in [7, 11) is 0.688. The molecule has 0 aromatic heterocycles. The van der Waals surface area contributed by atoms with Crippen molar-refractivity contribution in [3.05, 3.63) is 63.1 Å². The van der Waals surface area contributed by atoms with Crippen LogP contribution in [0.2, 0.25) is 10.0 Å². The second kappa shape index (κ2) is 10.2. The number of hydrogen-bond donors (Lipinski definition) is 2. The summed E-state index contributed by atoms with van der Waals surface area (Å²) in [6.07, 6.45) is 0.129. The van der Waals surface area contributed by atoms with Crippen molar-refractivity contribution >= 4 is 53.6 Å². The number of carbonyl (C=O) groups excluding carboxylic acids is 2. The minimum atomic E-state index is -1.24. The lowest BCUT2D eigenvalue weighted by molar-refractivity contribution is -0.142. The SMILES string of the molecule is COC(=O)[C@H](Cc1ccc(B2OC(C)(C)C(C)(C)O2)cc1)NC(=O)c1c(Cl)cc(C(=O)O)cc1Cl. The summed E-state index contributed by atoms with van der Waals surface area (Å²) in [5, 5.41) is 11.4. The van der Waals surface area contributed by atoms with Crippen LogP contribution in [0.1, 0.15) is 54.0 Å². The fraction of sp³-hybridized carbons (Fsp3) is 0.375. The number of carboxylic acid groups (broad SMARTS) is 1. The fourth-order valence-electron chi connectivity index (χ4n) is 3.51. The van der Waals surface area contributed by atoms with Gasteiger partial charge in [-0.1, -0.05) is 47.5 Å². The first-order valence-corrected chi connectivity index (χ1v) is 11.6. The van der Waals surface area contributed by atoms with Crippen LogP contribution in [0, 0.1) is 0 Å². The van der Waals surface area contributed by atoms with Gasteiger partial charge in [-0.2, -0.15) is 0 Å². The molecule has 2 N–H and O–H groups in total. The van der Waals surface area contributed by atoms with Crippen molar-refractivity contribution in [2.24, 2.45) is 0 Å². The van der Waals surface area contributed by atoms with Crippen LogP contribution in [0.15, 0.2) is 36.4 Å². The normalized spacial score (nSPS) is 17.1. The highest BCUT2D eigenvalue weighted by molar-refractivity contribution is 6.62. The molecule has 35 heavy (non-hydrogen) atoms. The zero-order valence-corrected chi connectivity index (χ0v) is 21.5. The molecule has 0 unspecified atom stereocenters. The topological polar surface area (TPSA) is 111 Å². The molecule has 1 fully saturated rings. The first kappa shape index (κ1) is 27.0. The second-order valence-electron chi connectivity index (χ2n) is 9.20. The largest absolute Gasteiger partial charge is 0.494 e. The number of carbonyl (C=O) groups is 3. The van der Waals surface area contributed by atoms with Gasteiger partial charge in [-0.3, -0.25) is 4.79 Å². The summed E-state index contributed by atoms with van der Waals surface area (Å²) in [6, 6.07) is 8.49. The van der Waals surface area contributed by atoms with Gasteiger partial charge < -0.3 is 24.5 Å². The number of aromatic carboxylic acids is 1. The van der Waals surface area contributed by atoms with Crippen LogP contribution in [0.5, 0.6) is 0 Å². The van der Waals surface area contributed by atoms with Crippen molar-refractivity contribution in [3.63, 3.8) is 0 Å². The molecule has 2 aromatic carbocycles. The van der Waals surface area contributed by atoms with E-state index >= 15 is 0 Å². The van der Waals surface area contributed by atoms with Crippen LogP contribution in [-0.2, 0) is 25.3 Å². The van der Waals surface area contributed by atoms with Gasteiger partial charge in [0.2, 0.25) is 0 Å². The Bertz CT molecular complexity index is 1110. The van der Waals surface area contributed by atoms with E-state index in [0.29, 0.717) is 0 Å². The van der Waals surface area contributed by atoms with Crippen molar-refractivity contribution in [2.75, 3.05) is 7.11 Å². The summed E-state index contributed by atoms with van der Waals surface area (Å²) in [5.74, 6) is -2.64. The lowest BCUT2D eigenvalue weighted by Crippen LogP contribution is -2.43. The average Bonchev–Trinajstić information content (AvgIpc) is 2.99. The van der Waals surface area contributed by atoms with Gasteiger partial charge in [-0.25, -0.2) is 9.59 Å². The van der Waals surface area contributed by atoms with Crippen LogP contribution in [0.3, 0.4) is 0 Å². The molecule has 0 aliphatic carbocycles. The minimum Gasteiger partial charge on any atom is -0.478 e. The number of amides is 1. The Kier molecular flexibility index (Phi) is 7.86. The molecule has 1 amide bonds. The molecule has 1 saturated heterocycles. The molecule has 8 nitrogen and oxygen atoms in total. The van der Waals surface area contributed by atoms with Crippen molar-refractivity contribution in [1.82, 2.24) is 5.32 Å². The number of ether oxygens (including phenoxy) is 1. The minimum absolute atomic E-state index is 0.129. The highest BCUT2D eigenvalue weighted by Crippen LogP contribution is 2.36. The number of methoxy groups -OCH3 is 1. The van der Waals surface area contributed by atoms with Crippen LogP contribution in [0.4, 0.5) is 0 Å². The van der Waals surface area contributed by atoms with Crippen molar-refractivity contribution in [1.29, 1.82) is 0 Å². The maximum Gasteiger partial charge on any atom is 0.494 e. The van der Waals surface area contributed by atoms with Gasteiger partial charge in [-0.15, -0.1) is 0 Å². The van der Waals surface area contributed by atoms with E-state index in [0.717, 1.165) is 23.2 Å². The van der Waals surface area contributed by atoms with Crippen molar-refractivity contribution < 1.29 is 33.5 Å². The molecule has 1 aliphatic rings. The van der Waals surface area contributed by atoms with E-state index in [-0.39, 0.29) is 27.6 Å². The Labute approximate surface area is 214 Å². The number of nitrogens with one attached hydrogen (secondary N) is 1. The Morgan fingerprint density at radius 1 is 1.03 bits per heavy atom. The summed E-state index contributed by atoms with van der Waals surface area (Å²) >= 11 is 12.2. The van der Waals surface area contributed by atoms with Crippen molar-refractivity contribution in [3.8, 4) is 0 Å². The summed E-state index contributed by atoms with van der Waals surface area (Å²) < 4.78 is 17.0. The Morgan fingerprint density at radius 3 is 2.00 bits per heavy atom. The number of hydrogen-bond acceptors (Lipinski definition) is 6. The predicted octanol–water partition coefficient (Wildman–Crippen LogP) is 3.50. The van der Waals surface area contributed by atoms with Crippen LogP contribution in [0.25, 0.3) is 0 Å². The third-order valence-corrected chi connectivity index (χ3v) is 6.85. The zero-order chi connectivity index (χ0) is 26.1. The second-order valence-corrected chi connectivity index (χ2v) is 10.0. The molecule has 0 spiro atoms. The van der Waals surface area contributed by atoms with Gasteiger partial charge in [0.15, 0.2) is 0 Å². The lowest BCUT2D eigenvalue weighted by Gasteiger charge is -2.32. The van der Waals surface area contributed by atoms with Gasteiger partial charge in [0.25, 0.3) is 5.91 Å². The monoisotopic (exact) mass is 521 g/mol. The van der Waals surface area contributed by atoms with Crippen LogP contribution < -0.4 is 10.8 Å². The molecule has 3 rings (SSSR count). The van der Waals surface area contributed by atoms with Crippen LogP contribution >= 0.6 is 23.2 Å². The molecule has 1 atom stereocenters. The smallest absolute Gasteiger partial charge is 0.478 e. The van der Waals surface area contributed by atoms with Gasteiger partial charge in [0.1, 0.15) is 6.04 Å². The van der Waals surface area contributed by atoms with E-state index < -0.39 is 42.2 Å². The quantitative estimate of drug-likeness (QED) is 0.423. The zero-order valence-electron chi connectivity index (χ0n) is 20.0. The summed E-state index contributed by atoms with van der Waals surface area (Å²) in [5.41, 5.74) is 0.331. The van der Waals surface area contributed by atoms with Gasteiger partial charge in [0.05, 0.1) is 39.5 Å². The number of carboxylic acids is 1. The molecule has 0 bridgehead atoms. The molecule has 0 radical (unpaired) electrons. The lowest BCUT2D eigenvalue weighted by atomic mass is 9.78. The number of halogens is 2. The van der Waals surface area contributed by atoms with Gasteiger partial charge in [0, 0.05) is 6.42 Å². The van der Waals surface area contributed by atoms with E-state index in [2.05, 4.69) is 5.32 Å². The molecule has 2 aromatic rings. The molecule has 1 heterocycles. The molecule has 11 heteroatoms. The molecule has 1 aliphatic heterocycles. The van der Waals surface area contributed by atoms with E-state index in [1.165, 1.54) is 7.11 Å². The predicted molar refractivity (Wildman–Crippen MR) is 133 cm³/mol. The highest BCUT2D eigenvalue weighted by atomic mass is 35.5. The van der Waals surface area contributed by atoms with Gasteiger partial charge >= 0.3 is 19.1 Å². The number of esters is 1. The third kappa shape index (κ3) is 5.81. The highest BCUT2D eigenvalue weighted by Gasteiger charge is 2.51. The number of rotatable bonds is 7. The third-order valence-electron chi connectivity index (χ3n) is 6.25. The van der Waals surface area contributed by atoms with Crippen LogP contribution in [-0.4, -0.2) is 54.4 Å². The van der Waals surface area contributed by atoms with Crippen molar-refractivity contribution in [2.45, 2.75) is 51.4 Å². The van der Waals surface area contributed by atoms with E-state index in [1.54, 1.807) is 0 Å². The maximum absolute atomic E-state index is 12.9. The Morgan fingerprint density at radius 2 is 1.54 bits per heavy atom. The Balaban J connectivity index is 1.76. The standard InChI is InChI=1S/C24H26BCl2NO7/c1-23(2)24(3,4)35-25(34-23)15-8-6-13(7-9-15)10-18(22(32)33-5)28-20(29)19-16(26)11-14(21(30)31)12-17(19)27/h6-9,11-12,18H,10H2,1-5H3,(H,28,29)(H,30,31)/t18-/m0/s1. The van der Waals surface area contributed by atoms with Gasteiger partial charge in [-0.05, 0) is 50.9 Å². The molecule has 186 valence electrons. The van der Waals surface area contributed by atoms with E-state index in [1.807, 2.05) is 52.0 Å². The fourth-order valence-corrected chi connectivity index (χ4v) is 4.16. The maximum atomic E-state index is 12.9. The average molecular weight is 522 g/mol. The van der Waals surface area contributed by atoms with E-state index in [9.17, 15) is 14.4 Å². The van der Waals surface area contributed by atoms with E-state index in [4.69, 9.17) is 42.4 Å². The summed E-state index contributed by atoms with van der Waals surface area (Å²) in [6.45, 7) is 7.88.